The molecule has 0 radical (unpaired) electrons. The summed E-state index contributed by atoms with van der Waals surface area (Å²) in [6.07, 6.45) is 0. The first kappa shape index (κ1) is 23.4. The molecule has 3 rings (SSSR count). The van der Waals surface area contributed by atoms with Crippen molar-refractivity contribution in [1.82, 2.24) is 0 Å². The van der Waals surface area contributed by atoms with Crippen molar-refractivity contribution in [1.29, 1.82) is 0 Å². The first-order valence-corrected chi connectivity index (χ1v) is 12.4. The topological polar surface area (TPSA) is 90.7 Å². The van der Waals surface area contributed by atoms with E-state index in [4.69, 9.17) is 41.7 Å². The summed E-state index contributed by atoms with van der Waals surface area (Å²) < 4.78 is 22.5. The lowest BCUT2D eigenvalue weighted by molar-refractivity contribution is -0.110. The third kappa shape index (κ3) is 6.35. The van der Waals surface area contributed by atoms with Crippen LogP contribution in [0.3, 0.4) is 0 Å². The monoisotopic (exact) mass is 481 g/mol. The quantitative estimate of drug-likeness (QED) is 0.240. The SMILES string of the molecule is CCOP(=S)(OCC)O/C(COc1ccc(Cl)cc1)=N/N=C1\C(=O)Nc2ccccc21. The van der Waals surface area contributed by atoms with E-state index in [1.54, 1.807) is 50.2 Å². The number of nitrogens with zero attached hydrogens (tertiary/aromatic N) is 2. The Bertz CT molecular complexity index is 1040. The molecule has 0 atom stereocenters. The molecule has 8 nitrogen and oxygen atoms in total. The van der Waals surface area contributed by atoms with Gasteiger partial charge in [0.15, 0.2) is 12.3 Å². The highest BCUT2D eigenvalue weighted by atomic mass is 35.5. The van der Waals surface area contributed by atoms with E-state index in [1.165, 1.54) is 0 Å². The summed E-state index contributed by atoms with van der Waals surface area (Å²) in [7, 11) is 0. The number of halogens is 1. The minimum absolute atomic E-state index is 0.0184. The number of rotatable bonds is 9. The predicted octanol–water partition coefficient (Wildman–Crippen LogP) is 4.79. The zero-order chi connectivity index (χ0) is 22.3. The van der Waals surface area contributed by atoms with Crippen molar-refractivity contribution >= 4 is 53.3 Å². The van der Waals surface area contributed by atoms with Gasteiger partial charge in [0, 0.05) is 22.4 Å². The van der Waals surface area contributed by atoms with Gasteiger partial charge in [-0.15, -0.1) is 10.2 Å². The zero-order valence-electron chi connectivity index (χ0n) is 16.9. The van der Waals surface area contributed by atoms with Gasteiger partial charge in [-0.1, -0.05) is 29.8 Å². The Labute approximate surface area is 190 Å². The van der Waals surface area contributed by atoms with Crippen molar-refractivity contribution in [2.45, 2.75) is 13.8 Å². The molecule has 0 fully saturated rings. The number of carbonyl (C=O) groups excluding carboxylic acids is 1. The van der Waals surface area contributed by atoms with E-state index in [1.807, 2.05) is 12.1 Å². The molecular formula is C20H21ClN3O5PS. The minimum Gasteiger partial charge on any atom is -0.484 e. The minimum atomic E-state index is -3.12. The second kappa shape index (κ2) is 10.8. The molecule has 11 heteroatoms. The van der Waals surface area contributed by atoms with Crippen LogP contribution < -0.4 is 10.1 Å². The van der Waals surface area contributed by atoms with Gasteiger partial charge >= 0.3 is 6.72 Å². The molecular weight excluding hydrogens is 461 g/mol. The summed E-state index contributed by atoms with van der Waals surface area (Å²) >= 11 is 11.3. The van der Waals surface area contributed by atoms with Gasteiger partial charge in [-0.3, -0.25) is 13.8 Å². The number of benzene rings is 2. The highest BCUT2D eigenvalue weighted by Gasteiger charge is 2.27. The summed E-state index contributed by atoms with van der Waals surface area (Å²) in [5.41, 5.74) is 1.46. The number of hydrogen-bond donors (Lipinski definition) is 1. The van der Waals surface area contributed by atoms with Gasteiger partial charge in [-0.05, 0) is 44.2 Å². The van der Waals surface area contributed by atoms with Gasteiger partial charge in [0.1, 0.15) is 5.75 Å². The van der Waals surface area contributed by atoms with Crippen LogP contribution in [0.15, 0.2) is 58.7 Å². The van der Waals surface area contributed by atoms with Crippen LogP contribution in [0.4, 0.5) is 5.69 Å². The van der Waals surface area contributed by atoms with Gasteiger partial charge in [0.05, 0.1) is 18.9 Å². The fourth-order valence-electron chi connectivity index (χ4n) is 2.59. The maximum Gasteiger partial charge on any atom is 0.381 e. The molecule has 0 unspecified atom stereocenters. The van der Waals surface area contributed by atoms with Gasteiger partial charge in [0.2, 0.25) is 0 Å². The van der Waals surface area contributed by atoms with Crippen molar-refractivity contribution in [3.8, 4) is 5.75 Å². The first-order valence-electron chi connectivity index (χ1n) is 9.46. The van der Waals surface area contributed by atoms with Crippen LogP contribution in [0.1, 0.15) is 19.4 Å². The molecule has 0 saturated heterocycles. The molecule has 1 aliphatic rings. The van der Waals surface area contributed by atoms with Crippen LogP contribution in [0, 0.1) is 0 Å². The van der Waals surface area contributed by atoms with E-state index in [0.29, 0.717) is 35.2 Å². The molecule has 0 saturated carbocycles. The van der Waals surface area contributed by atoms with Crippen molar-refractivity contribution < 1.29 is 23.1 Å². The Hall–Kier alpha value is -2.29. The molecule has 2 aromatic carbocycles. The molecule has 0 spiro atoms. The summed E-state index contributed by atoms with van der Waals surface area (Å²) in [6, 6.07) is 14.0. The highest BCUT2D eigenvalue weighted by molar-refractivity contribution is 8.07. The molecule has 31 heavy (non-hydrogen) atoms. The second-order valence-electron chi connectivity index (χ2n) is 6.06. The van der Waals surface area contributed by atoms with Crippen LogP contribution in [0.5, 0.6) is 5.75 Å². The molecule has 1 heterocycles. The number of para-hydroxylation sites is 1. The fourth-order valence-corrected chi connectivity index (χ4v) is 4.77. The second-order valence-corrected chi connectivity index (χ2v) is 9.43. The van der Waals surface area contributed by atoms with Crippen molar-refractivity contribution in [2.24, 2.45) is 10.2 Å². The Morgan fingerprint density at radius 2 is 1.77 bits per heavy atom. The molecule has 1 N–H and O–H groups in total. The third-order valence-electron chi connectivity index (χ3n) is 3.87. The Morgan fingerprint density at radius 1 is 1.10 bits per heavy atom. The summed E-state index contributed by atoms with van der Waals surface area (Å²) in [4.78, 5) is 12.3. The van der Waals surface area contributed by atoms with Crippen LogP contribution in [0.25, 0.3) is 0 Å². The summed E-state index contributed by atoms with van der Waals surface area (Å²) in [5, 5.41) is 11.5. The molecule has 0 bridgehead atoms. The average Bonchev–Trinajstić information content (AvgIpc) is 3.06. The van der Waals surface area contributed by atoms with Gasteiger partial charge in [-0.2, -0.15) is 0 Å². The average molecular weight is 482 g/mol. The lowest BCUT2D eigenvalue weighted by Crippen LogP contribution is -2.17. The molecule has 2 aromatic rings. The van der Waals surface area contributed by atoms with Crippen LogP contribution in [0.2, 0.25) is 5.02 Å². The van der Waals surface area contributed by atoms with Crippen LogP contribution >= 0.6 is 18.3 Å². The number of nitrogens with one attached hydrogen (secondary N) is 1. The van der Waals surface area contributed by atoms with Gasteiger partial charge in [0.25, 0.3) is 11.8 Å². The van der Waals surface area contributed by atoms with Gasteiger partial charge < -0.3 is 14.6 Å². The number of anilines is 1. The molecule has 0 aromatic heterocycles. The van der Waals surface area contributed by atoms with E-state index >= 15 is 0 Å². The Morgan fingerprint density at radius 3 is 2.45 bits per heavy atom. The van der Waals surface area contributed by atoms with Crippen LogP contribution in [-0.4, -0.2) is 37.3 Å². The largest absolute Gasteiger partial charge is 0.484 e. The van der Waals surface area contributed by atoms with Crippen molar-refractivity contribution in [2.75, 3.05) is 25.1 Å². The zero-order valence-corrected chi connectivity index (χ0v) is 19.4. The fraction of sp³-hybridized carbons (Fsp3) is 0.250. The molecule has 1 amide bonds. The third-order valence-corrected chi connectivity index (χ3v) is 6.57. The number of ether oxygens (including phenoxy) is 1. The summed E-state index contributed by atoms with van der Waals surface area (Å²) in [6.45, 7) is 0.935. The summed E-state index contributed by atoms with van der Waals surface area (Å²) in [5.74, 6) is 0.195. The maximum atomic E-state index is 12.3. The van der Waals surface area contributed by atoms with Crippen LogP contribution in [-0.2, 0) is 30.2 Å². The lowest BCUT2D eigenvalue weighted by atomic mass is 10.1. The molecule has 0 aliphatic carbocycles. The Balaban J connectivity index is 1.88. The highest BCUT2D eigenvalue weighted by Crippen LogP contribution is 2.50. The van der Waals surface area contributed by atoms with E-state index in [0.717, 1.165) is 0 Å². The van der Waals surface area contributed by atoms with Crippen molar-refractivity contribution in [3.63, 3.8) is 0 Å². The predicted molar refractivity (Wildman–Crippen MR) is 125 cm³/mol. The smallest absolute Gasteiger partial charge is 0.381 e. The normalized spacial score (nSPS) is 15.0. The molecule has 164 valence electrons. The van der Waals surface area contributed by atoms with E-state index in [9.17, 15) is 4.79 Å². The maximum absolute atomic E-state index is 12.3. The first-order chi connectivity index (χ1) is 14.9. The molecule has 1 aliphatic heterocycles. The Kier molecular flexibility index (Phi) is 8.17. The number of carbonyl (C=O) groups is 1. The lowest BCUT2D eigenvalue weighted by Gasteiger charge is -2.21. The van der Waals surface area contributed by atoms with Crippen molar-refractivity contribution in [3.05, 3.63) is 59.1 Å². The standard InChI is InChI=1S/C20H21ClN3O5PS/c1-3-27-30(31,28-4-2)29-18(13-26-15-11-9-14(21)10-12-15)23-24-19-16-7-5-6-8-17(16)22-20(19)25/h5-12H,3-4,13H2,1-2H3,(H,22,24,25)/b23-18+. The van der Waals surface area contributed by atoms with E-state index < -0.39 is 6.72 Å². The van der Waals surface area contributed by atoms with Gasteiger partial charge in [-0.25, -0.2) is 0 Å². The number of fused-ring (bicyclic) bond motifs is 1. The number of amides is 1. The van der Waals surface area contributed by atoms with E-state index in [-0.39, 0.29) is 24.1 Å². The number of hydrogen-bond acceptors (Lipinski definition) is 8. The van der Waals surface area contributed by atoms with E-state index in [2.05, 4.69) is 15.5 Å².